The third kappa shape index (κ3) is 6.57. The summed E-state index contributed by atoms with van der Waals surface area (Å²) in [5, 5.41) is 29.9. The van der Waals surface area contributed by atoms with Crippen molar-refractivity contribution < 1.29 is 9.90 Å². The normalized spacial score (nSPS) is 13.5. The van der Waals surface area contributed by atoms with Crippen molar-refractivity contribution in [3.05, 3.63) is 75.7 Å². The van der Waals surface area contributed by atoms with Crippen molar-refractivity contribution in [3.63, 3.8) is 0 Å². The number of aliphatic hydroxyl groups is 1. The van der Waals surface area contributed by atoms with Gasteiger partial charge in [-0.25, -0.2) is 5.84 Å². The molecule has 1 unspecified atom stereocenters. The fraction of sp³-hybridized carbons (Fsp3) is 0.269. The van der Waals surface area contributed by atoms with Gasteiger partial charge in [-0.3, -0.25) is 9.78 Å². The average molecular weight is 557 g/mol. The van der Waals surface area contributed by atoms with E-state index in [1.807, 2.05) is 0 Å². The van der Waals surface area contributed by atoms with Crippen LogP contribution in [0, 0.1) is 16.7 Å². The number of pyridine rings is 1. The highest BCUT2D eigenvalue weighted by molar-refractivity contribution is 6.36. The lowest BCUT2D eigenvalue weighted by atomic mass is 9.96. The number of carbonyl (C=O) groups is 1. The van der Waals surface area contributed by atoms with Gasteiger partial charge in [0.15, 0.2) is 0 Å². The largest absolute Gasteiger partial charge is 0.397 e. The number of rotatable bonds is 9. The highest BCUT2D eigenvalue weighted by Gasteiger charge is 2.35. The Morgan fingerprint density at radius 1 is 1.21 bits per heavy atom. The van der Waals surface area contributed by atoms with E-state index in [4.69, 9.17) is 40.5 Å². The molecule has 0 bridgehead atoms. The molecule has 0 saturated heterocycles. The molecular weight excluding hydrogens is 527 g/mol. The van der Waals surface area contributed by atoms with E-state index in [0.29, 0.717) is 34.4 Å². The molecule has 0 aliphatic carbocycles. The zero-order valence-corrected chi connectivity index (χ0v) is 22.7. The summed E-state index contributed by atoms with van der Waals surface area (Å²) in [5.74, 6) is 5.14. The number of carbonyl (C=O) groups excluding carboxylic acids is 1. The van der Waals surface area contributed by atoms with Gasteiger partial charge in [-0.15, -0.1) is 0 Å². The molecule has 0 radical (unpaired) electrons. The zero-order chi connectivity index (χ0) is 28.3. The lowest BCUT2D eigenvalue weighted by Gasteiger charge is -2.33. The van der Waals surface area contributed by atoms with E-state index in [-0.39, 0.29) is 33.3 Å². The Balaban J connectivity index is 2.19. The van der Waals surface area contributed by atoms with Gasteiger partial charge in [0, 0.05) is 40.6 Å². The summed E-state index contributed by atoms with van der Waals surface area (Å²) in [6.45, 7) is 6.42. The standard InChI is InChI=1S/C26H30Cl2N8O2/c1-25(2,3)14-34-23-15(10-29)11-33-24-17(23)8-16(9-20(24)28)35-26(38,18-6-4-5-7-19(18)27)21(30)12-36(32)13-22(31)37/h4-9,11-12,35,38H,13-14,30,32H2,1-3H3,(H2,31,37)(H,33,34)/b21-12-. The van der Waals surface area contributed by atoms with Gasteiger partial charge in [0.25, 0.3) is 0 Å². The van der Waals surface area contributed by atoms with Gasteiger partial charge >= 0.3 is 0 Å². The summed E-state index contributed by atoms with van der Waals surface area (Å²) >= 11 is 13.0. The molecule has 1 heterocycles. The quantitative estimate of drug-likeness (QED) is 0.130. The van der Waals surface area contributed by atoms with Crippen LogP contribution < -0.4 is 27.9 Å². The van der Waals surface area contributed by atoms with Crippen LogP contribution in [0.1, 0.15) is 31.9 Å². The topological polar surface area (TPSA) is 179 Å². The number of hydrogen-bond acceptors (Lipinski definition) is 9. The molecule has 0 fully saturated rings. The zero-order valence-electron chi connectivity index (χ0n) is 21.2. The van der Waals surface area contributed by atoms with Gasteiger partial charge in [0.2, 0.25) is 11.6 Å². The maximum Gasteiger partial charge on any atom is 0.238 e. The third-order valence-corrected chi connectivity index (χ3v) is 6.11. The summed E-state index contributed by atoms with van der Waals surface area (Å²) in [4.78, 5) is 15.7. The molecule has 200 valence electrons. The number of nitriles is 1. The van der Waals surface area contributed by atoms with E-state index >= 15 is 0 Å². The van der Waals surface area contributed by atoms with E-state index in [2.05, 4.69) is 42.5 Å². The average Bonchev–Trinajstić information content (AvgIpc) is 2.81. The number of hydrogen-bond donors (Lipinski definition) is 6. The Bertz CT molecular complexity index is 1430. The second-order valence-corrected chi connectivity index (χ2v) is 10.8. The predicted molar refractivity (Wildman–Crippen MR) is 151 cm³/mol. The van der Waals surface area contributed by atoms with E-state index in [9.17, 15) is 15.2 Å². The van der Waals surface area contributed by atoms with Crippen molar-refractivity contribution in [2.75, 3.05) is 23.7 Å². The Labute approximate surface area is 231 Å². The summed E-state index contributed by atoms with van der Waals surface area (Å²) in [7, 11) is 0. The van der Waals surface area contributed by atoms with Crippen LogP contribution in [0.25, 0.3) is 10.9 Å². The number of nitrogens with one attached hydrogen (secondary N) is 2. The molecule has 10 nitrogen and oxygen atoms in total. The summed E-state index contributed by atoms with van der Waals surface area (Å²) in [6.07, 6.45) is 2.64. The van der Waals surface area contributed by atoms with Crippen molar-refractivity contribution in [1.82, 2.24) is 9.99 Å². The van der Waals surface area contributed by atoms with E-state index in [1.165, 1.54) is 12.4 Å². The molecule has 3 rings (SSSR count). The maximum atomic E-state index is 11.9. The number of amides is 1. The van der Waals surface area contributed by atoms with Crippen LogP contribution in [-0.4, -0.2) is 34.1 Å². The summed E-state index contributed by atoms with van der Waals surface area (Å²) in [5.41, 5.74) is 11.1. The fourth-order valence-electron chi connectivity index (χ4n) is 3.72. The molecule has 1 atom stereocenters. The van der Waals surface area contributed by atoms with Crippen molar-refractivity contribution in [2.45, 2.75) is 26.5 Å². The summed E-state index contributed by atoms with van der Waals surface area (Å²) < 4.78 is 0. The highest BCUT2D eigenvalue weighted by atomic mass is 35.5. The number of halogens is 2. The number of aromatic nitrogens is 1. The minimum absolute atomic E-state index is 0.0788. The molecule has 1 amide bonds. The number of nitrogens with two attached hydrogens (primary N) is 3. The molecule has 1 aromatic heterocycles. The van der Waals surface area contributed by atoms with E-state index in [0.717, 1.165) is 5.01 Å². The van der Waals surface area contributed by atoms with Crippen LogP contribution in [0.15, 0.2) is 54.5 Å². The lowest BCUT2D eigenvalue weighted by Crippen LogP contribution is -2.43. The molecule has 0 aliphatic heterocycles. The minimum Gasteiger partial charge on any atom is -0.397 e. The molecule has 38 heavy (non-hydrogen) atoms. The van der Waals surface area contributed by atoms with Crippen molar-refractivity contribution in [2.24, 2.45) is 22.7 Å². The van der Waals surface area contributed by atoms with Gasteiger partial charge in [-0.2, -0.15) is 5.26 Å². The first-order valence-corrected chi connectivity index (χ1v) is 12.3. The highest BCUT2D eigenvalue weighted by Crippen LogP contribution is 2.38. The minimum atomic E-state index is -2.09. The Morgan fingerprint density at radius 3 is 2.50 bits per heavy atom. The van der Waals surface area contributed by atoms with Crippen LogP contribution in [0.4, 0.5) is 11.4 Å². The molecule has 2 aromatic carbocycles. The van der Waals surface area contributed by atoms with Crippen LogP contribution in [0.5, 0.6) is 0 Å². The fourth-order valence-corrected chi connectivity index (χ4v) is 4.26. The molecule has 3 aromatic rings. The smallest absolute Gasteiger partial charge is 0.238 e. The molecular formula is C26H30Cl2N8O2. The van der Waals surface area contributed by atoms with Gasteiger partial charge < -0.3 is 32.2 Å². The monoisotopic (exact) mass is 556 g/mol. The van der Waals surface area contributed by atoms with Crippen LogP contribution in [0.3, 0.4) is 0 Å². The van der Waals surface area contributed by atoms with Gasteiger partial charge in [-0.1, -0.05) is 62.2 Å². The van der Waals surface area contributed by atoms with Crippen molar-refractivity contribution in [1.29, 1.82) is 5.26 Å². The van der Waals surface area contributed by atoms with Gasteiger partial charge in [-0.05, 0) is 23.6 Å². The Morgan fingerprint density at radius 2 is 1.89 bits per heavy atom. The van der Waals surface area contributed by atoms with E-state index < -0.39 is 11.6 Å². The number of hydrazine groups is 1. The van der Waals surface area contributed by atoms with Gasteiger partial charge in [0.1, 0.15) is 12.6 Å². The lowest BCUT2D eigenvalue weighted by molar-refractivity contribution is -0.118. The van der Waals surface area contributed by atoms with Crippen LogP contribution in [0.2, 0.25) is 10.0 Å². The molecule has 0 saturated carbocycles. The first kappa shape index (κ1) is 28.8. The Kier molecular flexibility index (Phi) is 8.59. The second kappa shape index (κ2) is 11.3. The molecule has 0 aliphatic rings. The second-order valence-electron chi connectivity index (χ2n) is 9.97. The van der Waals surface area contributed by atoms with Crippen molar-refractivity contribution >= 4 is 51.4 Å². The maximum absolute atomic E-state index is 11.9. The van der Waals surface area contributed by atoms with Crippen molar-refractivity contribution in [3.8, 4) is 6.07 Å². The number of benzene rings is 2. The molecule has 9 N–H and O–H groups in total. The van der Waals surface area contributed by atoms with Gasteiger partial charge in [0.05, 0.1) is 27.5 Å². The third-order valence-electron chi connectivity index (χ3n) is 5.49. The molecule has 12 heteroatoms. The Hall–Kier alpha value is -3.75. The van der Waals surface area contributed by atoms with E-state index in [1.54, 1.807) is 36.4 Å². The number of primary amides is 1. The number of nitrogens with zero attached hydrogens (tertiary/aromatic N) is 3. The van der Waals surface area contributed by atoms with Crippen LogP contribution >= 0.6 is 23.2 Å². The first-order valence-electron chi connectivity index (χ1n) is 11.5. The molecule has 0 spiro atoms. The SMILES string of the molecule is CC(C)(C)CNc1c(C#N)cnc2c(Cl)cc(NC(O)(/C(N)=C/N(N)CC(N)=O)c3ccccc3Cl)cc12. The predicted octanol–water partition coefficient (Wildman–Crippen LogP) is 3.59. The summed E-state index contributed by atoms with van der Waals surface area (Å²) in [6, 6.07) is 12.0. The van der Waals surface area contributed by atoms with Crippen LogP contribution in [-0.2, 0) is 10.5 Å². The first-order chi connectivity index (χ1) is 17.7. The number of fused-ring (bicyclic) bond motifs is 1. The number of anilines is 2.